The van der Waals surface area contributed by atoms with Gasteiger partial charge in [-0.15, -0.1) is 0 Å². The molecule has 6 heteroatoms. The number of carbonyl (C=O) groups is 2. The number of hydrogen-bond acceptors (Lipinski definition) is 4. The van der Waals surface area contributed by atoms with Crippen LogP contribution in [0, 0.1) is 5.92 Å². The SMILES string of the molecule is CC1CN(Cc2ccccc2)CCC1N(C)C(=O)CN1CCNCC1=O. The Kier molecular flexibility index (Phi) is 6.27. The molecule has 6 nitrogen and oxygen atoms in total. The van der Waals surface area contributed by atoms with Gasteiger partial charge in [0.15, 0.2) is 0 Å². The normalized spacial score (nSPS) is 24.5. The second-order valence-electron chi connectivity index (χ2n) is 7.55. The molecule has 2 amide bonds. The molecule has 2 atom stereocenters. The number of rotatable bonds is 5. The van der Waals surface area contributed by atoms with Crippen molar-refractivity contribution in [1.29, 1.82) is 0 Å². The largest absolute Gasteiger partial charge is 0.341 e. The lowest BCUT2D eigenvalue weighted by atomic mass is 9.92. The quantitative estimate of drug-likeness (QED) is 0.845. The molecule has 3 rings (SSSR count). The van der Waals surface area contributed by atoms with Crippen LogP contribution in [-0.4, -0.2) is 78.9 Å². The molecule has 0 aliphatic carbocycles. The first kappa shape index (κ1) is 18.9. The maximum Gasteiger partial charge on any atom is 0.242 e. The number of nitrogens with zero attached hydrogens (tertiary/aromatic N) is 3. The predicted octanol–water partition coefficient (Wildman–Crippen LogP) is 0.787. The van der Waals surface area contributed by atoms with E-state index in [4.69, 9.17) is 0 Å². The van der Waals surface area contributed by atoms with E-state index in [1.165, 1.54) is 5.56 Å². The minimum absolute atomic E-state index is 0.0173. The van der Waals surface area contributed by atoms with Gasteiger partial charge in [0.1, 0.15) is 0 Å². The van der Waals surface area contributed by atoms with Gasteiger partial charge in [0.05, 0.1) is 13.1 Å². The van der Waals surface area contributed by atoms with E-state index in [0.29, 0.717) is 19.0 Å². The minimum Gasteiger partial charge on any atom is -0.341 e. The van der Waals surface area contributed by atoms with Crippen molar-refractivity contribution in [2.24, 2.45) is 5.92 Å². The van der Waals surface area contributed by atoms with E-state index in [1.54, 1.807) is 4.90 Å². The summed E-state index contributed by atoms with van der Waals surface area (Å²) in [5.74, 6) is 0.484. The number of piperidine rings is 1. The number of amides is 2. The molecular formula is C20H30N4O2. The molecule has 142 valence electrons. The molecule has 1 aromatic rings. The van der Waals surface area contributed by atoms with E-state index in [1.807, 2.05) is 18.0 Å². The van der Waals surface area contributed by atoms with Gasteiger partial charge in [-0.05, 0) is 17.9 Å². The maximum atomic E-state index is 12.7. The number of piperazine rings is 1. The Morgan fingerprint density at radius 1 is 1.27 bits per heavy atom. The van der Waals surface area contributed by atoms with E-state index in [9.17, 15) is 9.59 Å². The fourth-order valence-corrected chi connectivity index (χ4v) is 4.05. The summed E-state index contributed by atoms with van der Waals surface area (Å²) in [6.07, 6.45) is 0.978. The maximum absolute atomic E-state index is 12.7. The first-order valence-corrected chi connectivity index (χ1v) is 9.55. The molecule has 0 saturated carbocycles. The molecule has 2 unspecified atom stereocenters. The van der Waals surface area contributed by atoms with Crippen molar-refractivity contribution in [3.05, 3.63) is 35.9 Å². The predicted molar refractivity (Wildman–Crippen MR) is 102 cm³/mol. The Hall–Kier alpha value is -1.92. The summed E-state index contributed by atoms with van der Waals surface area (Å²) in [4.78, 5) is 30.6. The van der Waals surface area contributed by atoms with E-state index in [-0.39, 0.29) is 24.4 Å². The van der Waals surface area contributed by atoms with Gasteiger partial charge in [0.2, 0.25) is 11.8 Å². The average molecular weight is 358 g/mol. The van der Waals surface area contributed by atoms with Crippen LogP contribution < -0.4 is 5.32 Å². The first-order valence-electron chi connectivity index (χ1n) is 9.55. The highest BCUT2D eigenvalue weighted by molar-refractivity contribution is 5.86. The van der Waals surface area contributed by atoms with Crippen molar-refractivity contribution in [3.8, 4) is 0 Å². The van der Waals surface area contributed by atoms with Gasteiger partial charge in [0.25, 0.3) is 0 Å². The van der Waals surface area contributed by atoms with E-state index < -0.39 is 0 Å². The van der Waals surface area contributed by atoms with Gasteiger partial charge in [-0.2, -0.15) is 0 Å². The zero-order valence-corrected chi connectivity index (χ0v) is 15.9. The Labute approximate surface area is 156 Å². The number of likely N-dealkylation sites (tertiary alicyclic amines) is 1. The molecule has 2 saturated heterocycles. The molecule has 2 heterocycles. The fourth-order valence-electron chi connectivity index (χ4n) is 4.05. The van der Waals surface area contributed by atoms with Crippen LogP contribution in [0.25, 0.3) is 0 Å². The van der Waals surface area contributed by atoms with Crippen molar-refractivity contribution >= 4 is 11.8 Å². The van der Waals surface area contributed by atoms with Crippen LogP contribution >= 0.6 is 0 Å². The second kappa shape index (κ2) is 8.64. The fraction of sp³-hybridized carbons (Fsp3) is 0.600. The third kappa shape index (κ3) is 4.62. The van der Waals surface area contributed by atoms with Crippen molar-refractivity contribution in [3.63, 3.8) is 0 Å². The molecule has 2 aliphatic heterocycles. The summed E-state index contributed by atoms with van der Waals surface area (Å²) in [6, 6.07) is 10.8. The van der Waals surface area contributed by atoms with Crippen molar-refractivity contribution in [2.45, 2.75) is 25.9 Å². The molecule has 0 spiro atoms. The smallest absolute Gasteiger partial charge is 0.242 e. The van der Waals surface area contributed by atoms with Crippen LogP contribution in [0.4, 0.5) is 0 Å². The number of benzene rings is 1. The molecule has 1 aromatic carbocycles. The molecule has 0 radical (unpaired) electrons. The van der Waals surface area contributed by atoms with Crippen LogP contribution in [0.1, 0.15) is 18.9 Å². The molecule has 2 fully saturated rings. The zero-order chi connectivity index (χ0) is 18.5. The molecule has 26 heavy (non-hydrogen) atoms. The minimum atomic E-state index is 0.0173. The van der Waals surface area contributed by atoms with Gasteiger partial charge in [0, 0.05) is 45.8 Å². The molecule has 0 aromatic heterocycles. The second-order valence-corrected chi connectivity index (χ2v) is 7.55. The summed E-state index contributed by atoms with van der Waals surface area (Å²) in [7, 11) is 1.89. The van der Waals surface area contributed by atoms with Crippen LogP contribution in [0.15, 0.2) is 30.3 Å². The van der Waals surface area contributed by atoms with Crippen molar-refractivity contribution in [2.75, 3.05) is 46.3 Å². The van der Waals surface area contributed by atoms with Crippen LogP contribution in [0.2, 0.25) is 0 Å². The Morgan fingerprint density at radius 3 is 2.73 bits per heavy atom. The van der Waals surface area contributed by atoms with E-state index in [2.05, 4.69) is 41.4 Å². The van der Waals surface area contributed by atoms with Gasteiger partial charge < -0.3 is 15.1 Å². The van der Waals surface area contributed by atoms with Crippen LogP contribution in [-0.2, 0) is 16.1 Å². The lowest BCUT2D eigenvalue weighted by molar-refractivity contribution is -0.142. The summed E-state index contributed by atoms with van der Waals surface area (Å²) in [5, 5.41) is 3.04. The highest BCUT2D eigenvalue weighted by atomic mass is 16.2. The molecule has 1 N–H and O–H groups in total. The van der Waals surface area contributed by atoms with Gasteiger partial charge in [-0.25, -0.2) is 0 Å². The number of carbonyl (C=O) groups excluding carboxylic acids is 2. The highest BCUT2D eigenvalue weighted by Crippen LogP contribution is 2.23. The summed E-state index contributed by atoms with van der Waals surface area (Å²) < 4.78 is 0. The van der Waals surface area contributed by atoms with E-state index in [0.717, 1.165) is 32.6 Å². The Balaban J connectivity index is 1.51. The number of likely N-dealkylation sites (N-methyl/N-ethyl adjacent to an activating group) is 1. The van der Waals surface area contributed by atoms with Crippen molar-refractivity contribution < 1.29 is 9.59 Å². The van der Waals surface area contributed by atoms with Crippen molar-refractivity contribution in [1.82, 2.24) is 20.0 Å². The van der Waals surface area contributed by atoms with Gasteiger partial charge >= 0.3 is 0 Å². The molecule has 0 bridgehead atoms. The van der Waals surface area contributed by atoms with Crippen LogP contribution in [0.5, 0.6) is 0 Å². The third-order valence-electron chi connectivity index (χ3n) is 5.60. The standard InChI is InChI=1S/C20H30N4O2/c1-16-13-23(14-17-6-4-3-5-7-17)10-8-18(16)22(2)20(26)15-24-11-9-21-12-19(24)25/h3-7,16,18,21H,8-15H2,1-2H3. The number of nitrogens with one attached hydrogen (secondary N) is 1. The third-order valence-corrected chi connectivity index (χ3v) is 5.60. The van der Waals surface area contributed by atoms with E-state index >= 15 is 0 Å². The van der Waals surface area contributed by atoms with Crippen LogP contribution in [0.3, 0.4) is 0 Å². The zero-order valence-electron chi connectivity index (χ0n) is 15.9. The molecular weight excluding hydrogens is 328 g/mol. The lowest BCUT2D eigenvalue weighted by Crippen LogP contribution is -2.55. The first-order chi connectivity index (χ1) is 12.5. The topological polar surface area (TPSA) is 55.9 Å². The Bertz CT molecular complexity index is 621. The summed E-state index contributed by atoms with van der Waals surface area (Å²) in [5.41, 5.74) is 1.33. The number of hydrogen-bond donors (Lipinski definition) is 1. The lowest BCUT2D eigenvalue weighted by Gasteiger charge is -2.42. The Morgan fingerprint density at radius 2 is 2.04 bits per heavy atom. The summed E-state index contributed by atoms with van der Waals surface area (Å²) in [6.45, 7) is 7.09. The highest BCUT2D eigenvalue weighted by Gasteiger charge is 2.32. The van der Waals surface area contributed by atoms with Gasteiger partial charge in [-0.1, -0.05) is 37.3 Å². The monoisotopic (exact) mass is 358 g/mol. The average Bonchev–Trinajstić information content (AvgIpc) is 2.64. The van der Waals surface area contributed by atoms with Gasteiger partial charge in [-0.3, -0.25) is 14.5 Å². The molecule has 2 aliphatic rings. The summed E-state index contributed by atoms with van der Waals surface area (Å²) >= 11 is 0.